The van der Waals surface area contributed by atoms with Gasteiger partial charge in [0.15, 0.2) is 0 Å². The lowest BCUT2D eigenvalue weighted by atomic mass is 10.0. The first-order valence-corrected chi connectivity index (χ1v) is 8.40. The van der Waals surface area contributed by atoms with Crippen LogP contribution in [0.1, 0.15) is 27.2 Å². The average Bonchev–Trinajstić information content (AvgIpc) is 2.35. The molecule has 1 amide bonds. The van der Waals surface area contributed by atoms with Gasteiger partial charge in [0.25, 0.3) is 0 Å². The van der Waals surface area contributed by atoms with Crippen LogP contribution < -0.4 is 10.0 Å². The molecule has 0 rings (SSSR count). The molecule has 0 aliphatic heterocycles. The molecule has 0 aliphatic carbocycles. The minimum Gasteiger partial charge on any atom is -0.480 e. The van der Waals surface area contributed by atoms with E-state index in [1.807, 2.05) is 13.8 Å². The van der Waals surface area contributed by atoms with Gasteiger partial charge in [0.1, 0.15) is 6.04 Å². The number of carbonyl (C=O) groups is 2. The molecule has 0 bridgehead atoms. The molecular formula is C12H24N2O6S. The number of carboxylic acid groups (broad SMARTS) is 1. The van der Waals surface area contributed by atoms with Gasteiger partial charge in [-0.25, -0.2) is 17.9 Å². The van der Waals surface area contributed by atoms with Gasteiger partial charge < -0.3 is 15.2 Å². The maximum absolute atomic E-state index is 11.6. The van der Waals surface area contributed by atoms with Crippen LogP contribution in [0.5, 0.6) is 0 Å². The van der Waals surface area contributed by atoms with Crippen LogP contribution >= 0.6 is 0 Å². The summed E-state index contributed by atoms with van der Waals surface area (Å²) in [7, 11) is -3.61. The predicted octanol–water partition coefficient (Wildman–Crippen LogP) is -0.442. The predicted molar refractivity (Wildman–Crippen MR) is 77.3 cm³/mol. The number of amides is 1. The molecule has 3 N–H and O–H groups in total. The van der Waals surface area contributed by atoms with Crippen LogP contribution in [-0.4, -0.2) is 57.0 Å². The molecule has 0 fully saturated rings. The number of carboxylic acids is 1. The standard InChI is InChI=1S/C12H24N2O6S/c1-4-20-5-6-21(18,19)13-8-11(15)14-10(12(16)17)7-9(2)3/h9-10,13H,4-8H2,1-3H3,(H,14,15)(H,16,17)/t10-/m1/s1. The first-order valence-electron chi connectivity index (χ1n) is 6.75. The largest absolute Gasteiger partial charge is 0.480 e. The summed E-state index contributed by atoms with van der Waals surface area (Å²) in [5.41, 5.74) is 0. The normalized spacial score (nSPS) is 13.1. The number of ether oxygens (including phenoxy) is 1. The van der Waals surface area contributed by atoms with Crippen molar-refractivity contribution in [1.82, 2.24) is 10.0 Å². The molecule has 0 aromatic rings. The van der Waals surface area contributed by atoms with Crippen LogP contribution in [0.3, 0.4) is 0 Å². The minimum absolute atomic E-state index is 0.0402. The summed E-state index contributed by atoms with van der Waals surface area (Å²) in [5.74, 6) is -1.98. The fourth-order valence-electron chi connectivity index (χ4n) is 1.50. The third kappa shape index (κ3) is 10.2. The van der Waals surface area contributed by atoms with Crippen LogP contribution in [0.2, 0.25) is 0 Å². The van der Waals surface area contributed by atoms with Crippen LogP contribution in [0, 0.1) is 5.92 Å². The molecule has 0 heterocycles. The van der Waals surface area contributed by atoms with Gasteiger partial charge in [0.05, 0.1) is 18.9 Å². The Balaban J connectivity index is 4.26. The highest BCUT2D eigenvalue weighted by Gasteiger charge is 2.21. The molecule has 0 saturated carbocycles. The van der Waals surface area contributed by atoms with Gasteiger partial charge in [0, 0.05) is 6.61 Å². The van der Waals surface area contributed by atoms with Gasteiger partial charge >= 0.3 is 5.97 Å². The monoisotopic (exact) mass is 324 g/mol. The molecule has 0 aromatic carbocycles. The summed E-state index contributed by atoms with van der Waals surface area (Å²) in [5, 5.41) is 11.3. The quantitative estimate of drug-likeness (QED) is 0.443. The zero-order valence-corrected chi connectivity index (χ0v) is 13.4. The van der Waals surface area contributed by atoms with Crippen molar-refractivity contribution in [2.24, 2.45) is 5.92 Å². The molecule has 124 valence electrons. The van der Waals surface area contributed by atoms with Gasteiger partial charge in [-0.05, 0) is 19.3 Å². The highest BCUT2D eigenvalue weighted by atomic mass is 32.2. The first kappa shape index (κ1) is 19.8. The summed E-state index contributed by atoms with van der Waals surface area (Å²) >= 11 is 0. The third-order valence-corrected chi connectivity index (χ3v) is 3.78. The zero-order chi connectivity index (χ0) is 16.5. The van der Waals surface area contributed by atoms with E-state index in [2.05, 4.69) is 10.0 Å². The third-order valence-electron chi connectivity index (χ3n) is 2.49. The molecule has 0 aromatic heterocycles. The van der Waals surface area contributed by atoms with Crippen molar-refractivity contribution in [3.05, 3.63) is 0 Å². The maximum atomic E-state index is 11.6. The Hall–Kier alpha value is -1.19. The highest BCUT2D eigenvalue weighted by Crippen LogP contribution is 2.04. The Bertz CT molecular complexity index is 435. The summed E-state index contributed by atoms with van der Waals surface area (Å²) < 4.78 is 30.1. The van der Waals surface area contributed by atoms with Gasteiger partial charge in [-0.3, -0.25) is 4.79 Å². The number of hydrogen-bond donors (Lipinski definition) is 3. The lowest BCUT2D eigenvalue weighted by Crippen LogP contribution is -2.46. The van der Waals surface area contributed by atoms with Crippen LogP contribution in [0.4, 0.5) is 0 Å². The topological polar surface area (TPSA) is 122 Å². The first-order chi connectivity index (χ1) is 9.68. The summed E-state index contributed by atoms with van der Waals surface area (Å²) in [6.07, 6.45) is 0.276. The molecule has 9 heteroatoms. The number of sulfonamides is 1. The van der Waals surface area contributed by atoms with E-state index in [1.165, 1.54) is 0 Å². The lowest BCUT2D eigenvalue weighted by molar-refractivity contribution is -0.142. The lowest BCUT2D eigenvalue weighted by Gasteiger charge is -2.16. The Morgan fingerprint density at radius 3 is 2.38 bits per heavy atom. The van der Waals surface area contributed by atoms with Crippen molar-refractivity contribution in [3.63, 3.8) is 0 Å². The van der Waals surface area contributed by atoms with Crippen molar-refractivity contribution < 1.29 is 27.9 Å². The Kier molecular flexibility index (Phi) is 9.14. The minimum atomic E-state index is -3.61. The second-order valence-electron chi connectivity index (χ2n) is 4.92. The average molecular weight is 324 g/mol. The van der Waals surface area contributed by atoms with Gasteiger partial charge in [-0.15, -0.1) is 0 Å². The number of rotatable bonds is 11. The summed E-state index contributed by atoms with van der Waals surface area (Å²) in [6, 6.07) is -1.02. The van der Waals surface area contributed by atoms with Crippen LogP contribution in [0.25, 0.3) is 0 Å². The highest BCUT2D eigenvalue weighted by molar-refractivity contribution is 7.89. The van der Waals surface area contributed by atoms with Gasteiger partial charge in [-0.1, -0.05) is 13.8 Å². The van der Waals surface area contributed by atoms with Crippen molar-refractivity contribution in [1.29, 1.82) is 0 Å². The number of aliphatic carboxylic acids is 1. The summed E-state index contributed by atoms with van der Waals surface area (Å²) in [6.45, 7) is 5.37. The van der Waals surface area contributed by atoms with E-state index in [0.29, 0.717) is 6.61 Å². The summed E-state index contributed by atoms with van der Waals surface area (Å²) in [4.78, 5) is 22.6. The Morgan fingerprint density at radius 2 is 1.90 bits per heavy atom. The molecule has 0 aliphatic rings. The van der Waals surface area contributed by atoms with E-state index < -0.39 is 34.5 Å². The smallest absolute Gasteiger partial charge is 0.326 e. The van der Waals surface area contributed by atoms with E-state index in [4.69, 9.17) is 9.84 Å². The number of carbonyl (C=O) groups excluding carboxylic acids is 1. The second kappa shape index (κ2) is 9.69. The van der Waals surface area contributed by atoms with E-state index in [0.717, 1.165) is 0 Å². The van der Waals surface area contributed by atoms with E-state index in [1.54, 1.807) is 6.92 Å². The molecule has 0 unspecified atom stereocenters. The molecular weight excluding hydrogens is 300 g/mol. The Labute approximate surface area is 125 Å². The fourth-order valence-corrected chi connectivity index (χ4v) is 2.33. The molecule has 21 heavy (non-hydrogen) atoms. The van der Waals surface area contributed by atoms with Crippen molar-refractivity contribution in [3.8, 4) is 0 Å². The second-order valence-corrected chi connectivity index (χ2v) is 6.85. The van der Waals surface area contributed by atoms with Crippen molar-refractivity contribution in [2.45, 2.75) is 33.2 Å². The van der Waals surface area contributed by atoms with E-state index in [-0.39, 0.29) is 24.7 Å². The van der Waals surface area contributed by atoms with Gasteiger partial charge in [0.2, 0.25) is 15.9 Å². The maximum Gasteiger partial charge on any atom is 0.326 e. The molecule has 0 spiro atoms. The van der Waals surface area contributed by atoms with Crippen LogP contribution in [-0.2, 0) is 24.3 Å². The molecule has 0 radical (unpaired) electrons. The molecule has 0 saturated heterocycles. The zero-order valence-electron chi connectivity index (χ0n) is 12.6. The van der Waals surface area contributed by atoms with Gasteiger partial charge in [-0.2, -0.15) is 0 Å². The number of nitrogens with one attached hydrogen (secondary N) is 2. The van der Waals surface area contributed by atoms with E-state index in [9.17, 15) is 18.0 Å². The number of hydrogen-bond acceptors (Lipinski definition) is 5. The van der Waals surface area contributed by atoms with Crippen LogP contribution in [0.15, 0.2) is 0 Å². The SMILES string of the molecule is CCOCCS(=O)(=O)NCC(=O)N[C@H](CC(C)C)C(=O)O. The molecule has 1 atom stereocenters. The molecule has 8 nitrogen and oxygen atoms in total. The van der Waals surface area contributed by atoms with Crippen molar-refractivity contribution >= 4 is 21.9 Å². The fraction of sp³-hybridized carbons (Fsp3) is 0.833. The Morgan fingerprint density at radius 1 is 1.29 bits per heavy atom. The van der Waals surface area contributed by atoms with Crippen molar-refractivity contribution in [2.75, 3.05) is 25.5 Å². The van der Waals surface area contributed by atoms with E-state index >= 15 is 0 Å².